The summed E-state index contributed by atoms with van der Waals surface area (Å²) in [5, 5.41) is 3.45. The molecule has 2 heteroatoms. The van der Waals surface area contributed by atoms with Gasteiger partial charge in [-0.1, -0.05) is 82.6 Å². The van der Waals surface area contributed by atoms with E-state index < -0.39 is 0 Å². The molecule has 0 saturated heterocycles. The van der Waals surface area contributed by atoms with Crippen LogP contribution in [0.4, 0.5) is 0 Å². The second-order valence-corrected chi connectivity index (χ2v) is 6.54. The maximum absolute atomic E-state index is 5.70. The zero-order chi connectivity index (χ0) is 16.6. The van der Waals surface area contributed by atoms with Gasteiger partial charge in [0.15, 0.2) is 0 Å². The lowest BCUT2D eigenvalue weighted by Gasteiger charge is -2.08. The first-order valence-electron chi connectivity index (χ1n) is 9.67. The number of rotatable bonds is 15. The predicted octanol–water partition coefficient (Wildman–Crippen LogP) is 5.63. The summed E-state index contributed by atoms with van der Waals surface area (Å²) >= 11 is 0. The van der Waals surface area contributed by atoms with Crippen LogP contribution in [0.5, 0.6) is 0 Å². The molecule has 1 N–H and O–H groups in total. The fraction of sp³-hybridized carbons (Fsp3) is 0.714. The van der Waals surface area contributed by atoms with Gasteiger partial charge in [0.2, 0.25) is 0 Å². The van der Waals surface area contributed by atoms with Crippen LogP contribution < -0.4 is 5.32 Å². The van der Waals surface area contributed by atoms with Gasteiger partial charge in [-0.15, -0.1) is 0 Å². The fourth-order valence-electron chi connectivity index (χ4n) is 2.79. The van der Waals surface area contributed by atoms with E-state index in [0.29, 0.717) is 0 Å². The second kappa shape index (κ2) is 14.7. The van der Waals surface area contributed by atoms with E-state index in [0.717, 1.165) is 26.3 Å². The molecule has 0 spiro atoms. The van der Waals surface area contributed by atoms with Crippen LogP contribution in [-0.4, -0.2) is 19.8 Å². The number of ether oxygens (including phenoxy) is 1. The molecule has 1 aromatic rings. The zero-order valence-electron chi connectivity index (χ0n) is 15.4. The molecule has 0 saturated carbocycles. The van der Waals surface area contributed by atoms with Crippen molar-refractivity contribution in [3.05, 3.63) is 35.4 Å². The minimum absolute atomic E-state index is 0.822. The van der Waals surface area contributed by atoms with E-state index in [-0.39, 0.29) is 0 Å². The Kier molecular flexibility index (Phi) is 12.9. The van der Waals surface area contributed by atoms with Crippen molar-refractivity contribution in [2.75, 3.05) is 19.8 Å². The number of nitrogens with one attached hydrogen (secondary N) is 1. The topological polar surface area (TPSA) is 21.3 Å². The standard InChI is InChI=1S/C21H37NO/c1-3-4-5-6-7-8-9-10-13-17-23-18-16-22-19-21-15-12-11-14-20(21)2/h11-12,14-15,22H,3-10,13,16-19H2,1-2H3. The van der Waals surface area contributed by atoms with Crippen LogP contribution in [0, 0.1) is 6.92 Å². The third kappa shape index (κ3) is 11.3. The van der Waals surface area contributed by atoms with Gasteiger partial charge in [-0.25, -0.2) is 0 Å². The van der Waals surface area contributed by atoms with Gasteiger partial charge in [-0.05, 0) is 24.5 Å². The first-order valence-corrected chi connectivity index (χ1v) is 9.67. The summed E-state index contributed by atoms with van der Waals surface area (Å²) in [6.45, 7) is 8.06. The van der Waals surface area contributed by atoms with Crippen LogP contribution >= 0.6 is 0 Å². The molecule has 1 rings (SSSR count). The molecule has 2 nitrogen and oxygen atoms in total. The first kappa shape index (κ1) is 20.2. The highest BCUT2D eigenvalue weighted by Gasteiger charge is 1.96. The molecule has 0 fully saturated rings. The molecule has 23 heavy (non-hydrogen) atoms. The number of hydrogen-bond donors (Lipinski definition) is 1. The molecule has 0 aromatic heterocycles. The van der Waals surface area contributed by atoms with Gasteiger partial charge in [0, 0.05) is 19.7 Å². The first-order chi connectivity index (χ1) is 11.3. The smallest absolute Gasteiger partial charge is 0.0591 e. The highest BCUT2D eigenvalue weighted by molar-refractivity contribution is 5.25. The minimum atomic E-state index is 0.822. The SMILES string of the molecule is CCCCCCCCCCCOCCNCc1ccccc1C. The van der Waals surface area contributed by atoms with Crippen LogP contribution in [-0.2, 0) is 11.3 Å². The maximum Gasteiger partial charge on any atom is 0.0591 e. The van der Waals surface area contributed by atoms with Crippen LogP contribution in [0.2, 0.25) is 0 Å². The van der Waals surface area contributed by atoms with Crippen molar-refractivity contribution in [2.45, 2.75) is 78.2 Å². The lowest BCUT2D eigenvalue weighted by molar-refractivity contribution is 0.131. The summed E-state index contributed by atoms with van der Waals surface area (Å²) in [5.41, 5.74) is 2.74. The van der Waals surface area contributed by atoms with E-state index in [1.807, 2.05) is 0 Å². The molecule has 0 atom stereocenters. The third-order valence-electron chi connectivity index (χ3n) is 4.39. The zero-order valence-corrected chi connectivity index (χ0v) is 15.4. The summed E-state index contributed by atoms with van der Waals surface area (Å²) in [5.74, 6) is 0. The molecule has 0 unspecified atom stereocenters. The van der Waals surface area contributed by atoms with Crippen molar-refractivity contribution < 1.29 is 4.74 Å². The molecule has 0 amide bonds. The minimum Gasteiger partial charge on any atom is -0.380 e. The summed E-state index contributed by atoms with van der Waals surface area (Å²) in [6, 6.07) is 8.54. The molecular weight excluding hydrogens is 282 g/mol. The molecule has 0 aliphatic carbocycles. The lowest BCUT2D eigenvalue weighted by atomic mass is 10.1. The second-order valence-electron chi connectivity index (χ2n) is 6.54. The molecule has 0 bridgehead atoms. The van der Waals surface area contributed by atoms with E-state index in [1.165, 1.54) is 68.9 Å². The normalized spacial score (nSPS) is 11.0. The quantitative estimate of drug-likeness (QED) is 0.423. The van der Waals surface area contributed by atoms with Crippen LogP contribution in [0.25, 0.3) is 0 Å². The van der Waals surface area contributed by atoms with Crippen molar-refractivity contribution >= 4 is 0 Å². The summed E-state index contributed by atoms with van der Waals surface area (Å²) in [7, 11) is 0. The van der Waals surface area contributed by atoms with E-state index in [1.54, 1.807) is 0 Å². The van der Waals surface area contributed by atoms with Crippen molar-refractivity contribution in [1.82, 2.24) is 5.32 Å². The summed E-state index contributed by atoms with van der Waals surface area (Å²) in [4.78, 5) is 0. The Balaban J connectivity index is 1.79. The fourth-order valence-corrected chi connectivity index (χ4v) is 2.79. The average molecular weight is 320 g/mol. The van der Waals surface area contributed by atoms with Crippen molar-refractivity contribution in [3.8, 4) is 0 Å². The number of benzene rings is 1. The Morgan fingerprint density at radius 2 is 1.48 bits per heavy atom. The average Bonchev–Trinajstić information content (AvgIpc) is 2.57. The third-order valence-corrected chi connectivity index (χ3v) is 4.39. The van der Waals surface area contributed by atoms with E-state index in [2.05, 4.69) is 43.4 Å². The maximum atomic E-state index is 5.70. The van der Waals surface area contributed by atoms with Crippen LogP contribution in [0.1, 0.15) is 75.8 Å². The van der Waals surface area contributed by atoms with Crippen molar-refractivity contribution in [3.63, 3.8) is 0 Å². The highest BCUT2D eigenvalue weighted by Crippen LogP contribution is 2.09. The van der Waals surface area contributed by atoms with E-state index in [9.17, 15) is 0 Å². The molecular formula is C21H37NO. The van der Waals surface area contributed by atoms with Gasteiger partial charge in [-0.2, -0.15) is 0 Å². The number of hydrogen-bond acceptors (Lipinski definition) is 2. The van der Waals surface area contributed by atoms with Crippen LogP contribution in [0.3, 0.4) is 0 Å². The molecule has 1 aromatic carbocycles. The molecule has 0 aliphatic heterocycles. The summed E-state index contributed by atoms with van der Waals surface area (Å²) in [6.07, 6.45) is 12.3. The summed E-state index contributed by atoms with van der Waals surface area (Å²) < 4.78 is 5.70. The van der Waals surface area contributed by atoms with Crippen molar-refractivity contribution in [1.29, 1.82) is 0 Å². The van der Waals surface area contributed by atoms with Gasteiger partial charge in [0.1, 0.15) is 0 Å². The molecule has 132 valence electrons. The molecule has 0 radical (unpaired) electrons. The van der Waals surface area contributed by atoms with E-state index in [4.69, 9.17) is 4.74 Å². The molecule has 0 aliphatic rings. The Labute approximate surface area is 144 Å². The Hall–Kier alpha value is -0.860. The largest absolute Gasteiger partial charge is 0.380 e. The Morgan fingerprint density at radius 3 is 2.17 bits per heavy atom. The van der Waals surface area contributed by atoms with Gasteiger partial charge in [0.25, 0.3) is 0 Å². The monoisotopic (exact) mass is 319 g/mol. The van der Waals surface area contributed by atoms with Gasteiger partial charge < -0.3 is 10.1 Å². The van der Waals surface area contributed by atoms with Crippen molar-refractivity contribution in [2.24, 2.45) is 0 Å². The van der Waals surface area contributed by atoms with Crippen LogP contribution in [0.15, 0.2) is 24.3 Å². The Bertz CT molecular complexity index is 378. The number of aryl methyl sites for hydroxylation is 1. The molecule has 0 heterocycles. The number of unbranched alkanes of at least 4 members (excludes halogenated alkanes) is 8. The van der Waals surface area contributed by atoms with Gasteiger partial charge in [-0.3, -0.25) is 0 Å². The van der Waals surface area contributed by atoms with E-state index >= 15 is 0 Å². The van der Waals surface area contributed by atoms with Gasteiger partial charge in [0.05, 0.1) is 6.61 Å². The van der Waals surface area contributed by atoms with Gasteiger partial charge >= 0.3 is 0 Å². The Morgan fingerprint density at radius 1 is 0.826 bits per heavy atom. The highest BCUT2D eigenvalue weighted by atomic mass is 16.5. The lowest BCUT2D eigenvalue weighted by Crippen LogP contribution is -2.19. The predicted molar refractivity (Wildman–Crippen MR) is 101 cm³/mol.